The molecule has 0 saturated heterocycles. The number of hydrogen-bond donors (Lipinski definition) is 1. The lowest BCUT2D eigenvalue weighted by atomic mass is 9.93. The molecule has 2 heterocycles. The summed E-state index contributed by atoms with van der Waals surface area (Å²) >= 11 is 1.47. The van der Waals surface area contributed by atoms with Gasteiger partial charge in [-0.05, 0) is 24.7 Å². The van der Waals surface area contributed by atoms with Crippen molar-refractivity contribution in [3.63, 3.8) is 0 Å². The van der Waals surface area contributed by atoms with Crippen LogP contribution in [0.15, 0.2) is 11.4 Å². The Morgan fingerprint density at radius 2 is 2.26 bits per heavy atom. The van der Waals surface area contributed by atoms with Crippen molar-refractivity contribution < 1.29 is 9.90 Å². The second-order valence-electron chi connectivity index (χ2n) is 4.34. The Bertz CT molecular complexity index is 681. The van der Waals surface area contributed by atoms with E-state index in [2.05, 4.69) is 15.1 Å². The smallest absolute Gasteiger partial charge is 0.356 e. The monoisotopic (exact) mass is 276 g/mol. The molecule has 2 aromatic rings. The van der Waals surface area contributed by atoms with E-state index in [0.29, 0.717) is 11.6 Å². The third-order valence-electron chi connectivity index (χ3n) is 3.24. The van der Waals surface area contributed by atoms with Crippen LogP contribution in [0.25, 0.3) is 11.4 Å². The molecule has 0 fully saturated rings. The molecule has 0 amide bonds. The lowest BCUT2D eigenvalue weighted by molar-refractivity contribution is 0.0688. The van der Waals surface area contributed by atoms with Crippen LogP contribution in [0.3, 0.4) is 0 Å². The summed E-state index contributed by atoms with van der Waals surface area (Å²) in [6.45, 7) is 0. The second-order valence-corrected chi connectivity index (χ2v) is 5.11. The van der Waals surface area contributed by atoms with Crippen molar-refractivity contribution in [2.45, 2.75) is 18.0 Å². The Labute approximate surface area is 113 Å². The lowest BCUT2D eigenvalue weighted by Crippen LogP contribution is -2.10. The molecule has 0 radical (unpaired) electrons. The van der Waals surface area contributed by atoms with Gasteiger partial charge in [0.25, 0.3) is 0 Å². The van der Waals surface area contributed by atoms with Gasteiger partial charge in [-0.15, -0.1) is 0 Å². The number of carboxylic acid groups (broad SMARTS) is 1. The molecule has 0 aromatic carbocycles. The van der Waals surface area contributed by atoms with Crippen molar-refractivity contribution in [3.05, 3.63) is 23.0 Å². The summed E-state index contributed by atoms with van der Waals surface area (Å²) in [7, 11) is 1.75. The highest BCUT2D eigenvalue weighted by Gasteiger charge is 2.28. The average molecular weight is 276 g/mol. The van der Waals surface area contributed by atoms with Crippen LogP contribution in [0.2, 0.25) is 0 Å². The van der Waals surface area contributed by atoms with E-state index in [0.717, 1.165) is 28.9 Å². The fourth-order valence-electron chi connectivity index (χ4n) is 2.41. The largest absolute Gasteiger partial charge is 0.476 e. The molecule has 19 heavy (non-hydrogen) atoms. The molecule has 0 atom stereocenters. The van der Waals surface area contributed by atoms with Crippen LogP contribution in [-0.4, -0.2) is 37.1 Å². The van der Waals surface area contributed by atoms with E-state index in [-0.39, 0.29) is 5.69 Å². The highest BCUT2D eigenvalue weighted by Crippen LogP contribution is 2.34. The summed E-state index contributed by atoms with van der Waals surface area (Å²) in [5.41, 5.74) is 3.56. The maximum atomic E-state index is 11.2. The molecular formula is C12H12N4O2S. The second kappa shape index (κ2) is 4.34. The van der Waals surface area contributed by atoms with Gasteiger partial charge in [-0.3, -0.25) is 4.68 Å². The van der Waals surface area contributed by atoms with Gasteiger partial charge < -0.3 is 5.11 Å². The van der Waals surface area contributed by atoms with Crippen molar-refractivity contribution in [2.24, 2.45) is 7.05 Å². The Morgan fingerprint density at radius 1 is 1.47 bits per heavy atom. The molecule has 98 valence electrons. The van der Waals surface area contributed by atoms with Crippen molar-refractivity contribution in [1.82, 2.24) is 19.7 Å². The van der Waals surface area contributed by atoms with Gasteiger partial charge in [-0.1, -0.05) is 11.8 Å². The number of hydrogen-bond acceptors (Lipinski definition) is 5. The van der Waals surface area contributed by atoms with Crippen LogP contribution in [0, 0.1) is 0 Å². The van der Waals surface area contributed by atoms with Crippen LogP contribution in [0.4, 0.5) is 0 Å². The standard InChI is InChI=1S/C12H12N4O2S/c1-16-10-7(9(15-16)11(17)18)4-3-6-5-13-12(19-2)14-8(6)10/h5H,3-4H2,1-2H3,(H,17,18). The molecular weight excluding hydrogens is 264 g/mol. The minimum absolute atomic E-state index is 0.132. The van der Waals surface area contributed by atoms with E-state index in [1.807, 2.05) is 12.5 Å². The third-order valence-corrected chi connectivity index (χ3v) is 3.80. The molecule has 0 bridgehead atoms. The van der Waals surface area contributed by atoms with Gasteiger partial charge >= 0.3 is 5.97 Å². The molecule has 3 rings (SSSR count). The number of aromatic nitrogens is 4. The van der Waals surface area contributed by atoms with Gasteiger partial charge in [0.2, 0.25) is 0 Å². The number of carbonyl (C=O) groups is 1. The minimum atomic E-state index is -0.987. The number of nitrogens with zero attached hydrogens (tertiary/aromatic N) is 4. The van der Waals surface area contributed by atoms with Crippen LogP contribution in [0.5, 0.6) is 0 Å². The quantitative estimate of drug-likeness (QED) is 0.659. The molecule has 2 aromatic heterocycles. The van der Waals surface area contributed by atoms with Gasteiger partial charge in [0, 0.05) is 18.8 Å². The molecule has 0 aliphatic heterocycles. The van der Waals surface area contributed by atoms with E-state index in [9.17, 15) is 9.90 Å². The molecule has 7 heteroatoms. The normalized spacial score (nSPS) is 12.9. The molecule has 0 saturated carbocycles. The van der Waals surface area contributed by atoms with Gasteiger partial charge in [0.05, 0.1) is 11.4 Å². The fraction of sp³-hybridized carbons (Fsp3) is 0.333. The summed E-state index contributed by atoms with van der Waals surface area (Å²) in [5, 5.41) is 14.0. The van der Waals surface area contributed by atoms with E-state index in [4.69, 9.17) is 0 Å². The van der Waals surface area contributed by atoms with Crippen LogP contribution in [-0.2, 0) is 19.9 Å². The molecule has 0 unspecified atom stereocenters. The SMILES string of the molecule is CSc1ncc2c(n1)-c1c(c(C(=O)O)nn1C)CC2. The first-order valence-electron chi connectivity index (χ1n) is 5.81. The summed E-state index contributed by atoms with van der Waals surface area (Å²) in [5.74, 6) is -0.987. The van der Waals surface area contributed by atoms with E-state index < -0.39 is 5.97 Å². The van der Waals surface area contributed by atoms with Crippen LogP contribution in [0.1, 0.15) is 21.6 Å². The number of carboxylic acids is 1. The van der Waals surface area contributed by atoms with E-state index in [1.165, 1.54) is 11.8 Å². The fourth-order valence-corrected chi connectivity index (χ4v) is 2.75. The summed E-state index contributed by atoms with van der Waals surface area (Å²) in [6, 6.07) is 0. The number of rotatable bonds is 2. The first-order valence-corrected chi connectivity index (χ1v) is 7.03. The molecule has 0 spiro atoms. The average Bonchev–Trinajstić information content (AvgIpc) is 2.76. The molecule has 1 N–H and O–H groups in total. The molecule has 1 aliphatic rings. The zero-order chi connectivity index (χ0) is 13.6. The first-order chi connectivity index (χ1) is 9.11. The maximum absolute atomic E-state index is 11.2. The van der Waals surface area contributed by atoms with Crippen LogP contribution >= 0.6 is 11.8 Å². The Balaban J connectivity index is 2.26. The Kier molecular flexibility index (Phi) is 2.78. The number of fused-ring (bicyclic) bond motifs is 3. The van der Waals surface area contributed by atoms with Crippen molar-refractivity contribution >= 4 is 17.7 Å². The highest BCUT2D eigenvalue weighted by atomic mass is 32.2. The predicted molar refractivity (Wildman–Crippen MR) is 70.4 cm³/mol. The minimum Gasteiger partial charge on any atom is -0.476 e. The topological polar surface area (TPSA) is 80.9 Å². The third kappa shape index (κ3) is 1.81. The Hall–Kier alpha value is -1.89. The van der Waals surface area contributed by atoms with Gasteiger partial charge in [0.15, 0.2) is 10.9 Å². The molecule has 6 nitrogen and oxygen atoms in total. The van der Waals surface area contributed by atoms with Gasteiger partial charge in [-0.2, -0.15) is 5.10 Å². The van der Waals surface area contributed by atoms with E-state index >= 15 is 0 Å². The zero-order valence-corrected chi connectivity index (χ0v) is 11.4. The van der Waals surface area contributed by atoms with Gasteiger partial charge in [0.1, 0.15) is 0 Å². The molecule has 1 aliphatic carbocycles. The zero-order valence-electron chi connectivity index (χ0n) is 10.5. The summed E-state index contributed by atoms with van der Waals surface area (Å²) in [6.07, 6.45) is 5.16. The first kappa shape index (κ1) is 12.2. The van der Waals surface area contributed by atoms with Crippen molar-refractivity contribution in [3.8, 4) is 11.4 Å². The highest BCUT2D eigenvalue weighted by molar-refractivity contribution is 7.98. The van der Waals surface area contributed by atoms with Crippen molar-refractivity contribution in [1.29, 1.82) is 0 Å². The van der Waals surface area contributed by atoms with Crippen LogP contribution < -0.4 is 0 Å². The predicted octanol–water partition coefficient (Wildman–Crippen LogP) is 1.40. The van der Waals surface area contributed by atoms with E-state index in [1.54, 1.807) is 11.7 Å². The summed E-state index contributed by atoms with van der Waals surface area (Å²) < 4.78 is 1.61. The maximum Gasteiger partial charge on any atom is 0.356 e. The lowest BCUT2D eigenvalue weighted by Gasteiger charge is -2.16. The van der Waals surface area contributed by atoms with Gasteiger partial charge in [-0.25, -0.2) is 14.8 Å². The Morgan fingerprint density at radius 3 is 2.95 bits per heavy atom. The number of aromatic carboxylic acids is 1. The number of aryl methyl sites for hydroxylation is 2. The number of thioether (sulfide) groups is 1. The van der Waals surface area contributed by atoms with Crippen molar-refractivity contribution in [2.75, 3.05) is 6.26 Å². The summed E-state index contributed by atoms with van der Waals surface area (Å²) in [4.78, 5) is 20.0.